The highest BCUT2D eigenvalue weighted by molar-refractivity contribution is 9.10. The smallest absolute Gasteiger partial charge is 0.266 e. The minimum absolute atomic E-state index is 0.182. The van der Waals surface area contributed by atoms with Crippen molar-refractivity contribution in [3.05, 3.63) is 31.6 Å². The van der Waals surface area contributed by atoms with Crippen molar-refractivity contribution >= 4 is 15.9 Å². The van der Waals surface area contributed by atoms with E-state index in [1.54, 1.807) is 6.92 Å². The van der Waals surface area contributed by atoms with Crippen LogP contribution in [0, 0.1) is 18.3 Å². The van der Waals surface area contributed by atoms with Crippen LogP contribution in [0.4, 0.5) is 0 Å². The molecule has 0 aromatic carbocycles. The standard InChI is InChI=1S/C10H11BrN2O/c1-5(2)9-8(11)6(3)7(4-12)10(14)13-9/h5H,1-3H3,(H,13,14). The quantitative estimate of drug-likeness (QED) is 0.837. The Labute approximate surface area is 90.9 Å². The molecule has 1 aromatic heterocycles. The van der Waals surface area contributed by atoms with E-state index in [9.17, 15) is 4.79 Å². The van der Waals surface area contributed by atoms with Crippen LogP contribution in [0.2, 0.25) is 0 Å². The van der Waals surface area contributed by atoms with Gasteiger partial charge in [0.05, 0.1) is 0 Å². The van der Waals surface area contributed by atoms with Crippen LogP contribution in [-0.4, -0.2) is 4.98 Å². The molecule has 0 amide bonds. The van der Waals surface area contributed by atoms with Crippen LogP contribution in [0.1, 0.15) is 36.6 Å². The van der Waals surface area contributed by atoms with Crippen LogP contribution in [-0.2, 0) is 0 Å². The van der Waals surface area contributed by atoms with Gasteiger partial charge in [-0.1, -0.05) is 13.8 Å². The molecule has 0 radical (unpaired) electrons. The van der Waals surface area contributed by atoms with Gasteiger partial charge in [0.2, 0.25) is 0 Å². The predicted molar refractivity (Wildman–Crippen MR) is 58.3 cm³/mol. The zero-order valence-corrected chi connectivity index (χ0v) is 9.90. The number of pyridine rings is 1. The number of aromatic nitrogens is 1. The van der Waals surface area contributed by atoms with Crippen molar-refractivity contribution in [3.63, 3.8) is 0 Å². The minimum atomic E-state index is -0.308. The second-order valence-corrected chi connectivity index (χ2v) is 4.24. The van der Waals surface area contributed by atoms with Gasteiger partial charge in [-0.3, -0.25) is 4.79 Å². The third-order valence-corrected chi connectivity index (χ3v) is 3.13. The number of hydrogen-bond donors (Lipinski definition) is 1. The van der Waals surface area contributed by atoms with E-state index in [1.165, 1.54) is 0 Å². The average molecular weight is 255 g/mol. The Morgan fingerprint density at radius 3 is 2.50 bits per heavy atom. The fourth-order valence-electron chi connectivity index (χ4n) is 1.25. The normalized spacial score (nSPS) is 10.3. The van der Waals surface area contributed by atoms with E-state index in [0.29, 0.717) is 5.56 Å². The van der Waals surface area contributed by atoms with Crippen molar-refractivity contribution in [2.75, 3.05) is 0 Å². The lowest BCUT2D eigenvalue weighted by molar-refractivity contribution is 0.804. The molecule has 0 aliphatic heterocycles. The molecule has 14 heavy (non-hydrogen) atoms. The van der Waals surface area contributed by atoms with Gasteiger partial charge in [-0.05, 0) is 34.3 Å². The van der Waals surface area contributed by atoms with Crippen LogP contribution in [0.5, 0.6) is 0 Å². The SMILES string of the molecule is Cc1c(Br)c(C(C)C)[nH]c(=O)c1C#N. The van der Waals surface area contributed by atoms with Crippen molar-refractivity contribution in [3.8, 4) is 6.07 Å². The van der Waals surface area contributed by atoms with E-state index < -0.39 is 0 Å². The molecule has 0 atom stereocenters. The molecule has 0 aliphatic rings. The van der Waals surface area contributed by atoms with Gasteiger partial charge in [-0.25, -0.2) is 0 Å². The van der Waals surface area contributed by atoms with Crippen molar-refractivity contribution in [1.29, 1.82) is 5.26 Å². The Balaban J connectivity index is 3.58. The summed E-state index contributed by atoms with van der Waals surface area (Å²) in [5, 5.41) is 8.76. The highest BCUT2D eigenvalue weighted by Crippen LogP contribution is 2.25. The first-order valence-electron chi connectivity index (χ1n) is 4.31. The molecule has 1 aromatic rings. The first-order valence-corrected chi connectivity index (χ1v) is 5.10. The topological polar surface area (TPSA) is 56.6 Å². The predicted octanol–water partition coefficient (Wildman–Crippen LogP) is 2.44. The molecule has 0 saturated carbocycles. The van der Waals surface area contributed by atoms with Gasteiger partial charge in [-0.15, -0.1) is 0 Å². The largest absolute Gasteiger partial charge is 0.324 e. The summed E-state index contributed by atoms with van der Waals surface area (Å²) >= 11 is 3.39. The molecule has 0 bridgehead atoms. The van der Waals surface area contributed by atoms with Gasteiger partial charge in [0.1, 0.15) is 11.6 Å². The van der Waals surface area contributed by atoms with Gasteiger partial charge >= 0.3 is 0 Å². The Morgan fingerprint density at radius 2 is 2.07 bits per heavy atom. The van der Waals surface area contributed by atoms with E-state index in [-0.39, 0.29) is 17.0 Å². The summed E-state index contributed by atoms with van der Waals surface area (Å²) < 4.78 is 0.823. The fraction of sp³-hybridized carbons (Fsp3) is 0.400. The van der Waals surface area contributed by atoms with Crippen molar-refractivity contribution in [1.82, 2.24) is 4.98 Å². The highest BCUT2D eigenvalue weighted by atomic mass is 79.9. The third-order valence-electron chi connectivity index (χ3n) is 2.11. The number of halogens is 1. The summed E-state index contributed by atoms with van der Waals surface area (Å²) in [6.45, 7) is 5.74. The second-order valence-electron chi connectivity index (χ2n) is 3.45. The molecule has 1 rings (SSSR count). The van der Waals surface area contributed by atoms with Crippen molar-refractivity contribution in [2.45, 2.75) is 26.7 Å². The molecule has 0 fully saturated rings. The third kappa shape index (κ3) is 1.73. The molecular formula is C10H11BrN2O. The molecule has 0 unspecified atom stereocenters. The number of aromatic amines is 1. The molecule has 1 heterocycles. The van der Waals surface area contributed by atoms with Gasteiger partial charge in [0.15, 0.2) is 0 Å². The summed E-state index contributed by atoms with van der Waals surface area (Å²) in [5.41, 5.74) is 1.42. The monoisotopic (exact) mass is 254 g/mol. The lowest BCUT2D eigenvalue weighted by Crippen LogP contribution is -2.16. The number of nitrogens with zero attached hydrogens (tertiary/aromatic N) is 1. The number of rotatable bonds is 1. The molecule has 0 spiro atoms. The average Bonchev–Trinajstić information content (AvgIpc) is 2.12. The highest BCUT2D eigenvalue weighted by Gasteiger charge is 2.13. The maximum atomic E-state index is 11.4. The van der Waals surface area contributed by atoms with E-state index in [2.05, 4.69) is 20.9 Å². The fourth-order valence-corrected chi connectivity index (χ4v) is 2.01. The minimum Gasteiger partial charge on any atom is -0.324 e. The lowest BCUT2D eigenvalue weighted by atomic mass is 10.1. The zero-order chi connectivity index (χ0) is 10.9. The summed E-state index contributed by atoms with van der Waals surface area (Å²) in [6, 6.07) is 1.90. The second kappa shape index (κ2) is 3.97. The maximum Gasteiger partial charge on any atom is 0.266 e. The van der Waals surface area contributed by atoms with E-state index in [4.69, 9.17) is 5.26 Å². The first-order chi connectivity index (χ1) is 6.49. The van der Waals surface area contributed by atoms with Crippen LogP contribution < -0.4 is 5.56 Å². The first kappa shape index (κ1) is 11.0. The van der Waals surface area contributed by atoms with Crippen LogP contribution in [0.15, 0.2) is 9.27 Å². The van der Waals surface area contributed by atoms with Crippen molar-refractivity contribution < 1.29 is 0 Å². The zero-order valence-electron chi connectivity index (χ0n) is 8.31. The Kier molecular flexibility index (Phi) is 3.12. The van der Waals surface area contributed by atoms with E-state index in [0.717, 1.165) is 10.2 Å². The van der Waals surface area contributed by atoms with E-state index in [1.807, 2.05) is 19.9 Å². The molecule has 4 heteroatoms. The van der Waals surface area contributed by atoms with Crippen LogP contribution in [0.3, 0.4) is 0 Å². The van der Waals surface area contributed by atoms with Gasteiger partial charge in [-0.2, -0.15) is 5.26 Å². The van der Waals surface area contributed by atoms with Crippen LogP contribution in [0.25, 0.3) is 0 Å². The van der Waals surface area contributed by atoms with Gasteiger partial charge in [0.25, 0.3) is 5.56 Å². The summed E-state index contributed by atoms with van der Waals surface area (Å²) in [4.78, 5) is 14.2. The molecule has 0 saturated heterocycles. The molecule has 0 aliphatic carbocycles. The molecule has 3 nitrogen and oxygen atoms in total. The van der Waals surface area contributed by atoms with Crippen molar-refractivity contribution in [2.24, 2.45) is 0 Å². The summed E-state index contributed by atoms with van der Waals surface area (Å²) in [7, 11) is 0. The van der Waals surface area contributed by atoms with Crippen LogP contribution >= 0.6 is 15.9 Å². The van der Waals surface area contributed by atoms with Gasteiger partial charge in [0, 0.05) is 10.2 Å². The summed E-state index contributed by atoms with van der Waals surface area (Å²) in [6.07, 6.45) is 0. The Hall–Kier alpha value is -1.08. The maximum absolute atomic E-state index is 11.4. The molecule has 1 N–H and O–H groups in total. The number of hydrogen-bond acceptors (Lipinski definition) is 2. The summed E-state index contributed by atoms with van der Waals surface area (Å²) in [5.74, 6) is 0.225. The lowest BCUT2D eigenvalue weighted by Gasteiger charge is -2.10. The van der Waals surface area contributed by atoms with Gasteiger partial charge < -0.3 is 4.98 Å². The Morgan fingerprint density at radius 1 is 1.50 bits per heavy atom. The number of nitrogens with one attached hydrogen (secondary N) is 1. The number of H-pyrrole nitrogens is 1. The molecular weight excluding hydrogens is 244 g/mol. The Bertz CT molecular complexity index is 454. The number of nitriles is 1. The molecule has 74 valence electrons. The van der Waals surface area contributed by atoms with E-state index >= 15 is 0 Å².